The fourth-order valence-electron chi connectivity index (χ4n) is 2.26. The van der Waals surface area contributed by atoms with E-state index < -0.39 is 0 Å². The molecule has 1 amide bonds. The minimum Gasteiger partial charge on any atom is -0.357 e. The highest BCUT2D eigenvalue weighted by Crippen LogP contribution is 2.16. The number of thioether (sulfide) groups is 1. The van der Waals surface area contributed by atoms with E-state index in [0.29, 0.717) is 13.1 Å². The highest BCUT2D eigenvalue weighted by Gasteiger charge is 2.14. The molecular formula is C18H31IN4OS. The Labute approximate surface area is 173 Å². The van der Waals surface area contributed by atoms with Crippen LogP contribution in [0.2, 0.25) is 0 Å². The SMILES string of the molecule is CCNC(=NCCSc1ccccc1)N(C)CC(=O)N(CC)CC.I. The molecule has 142 valence electrons. The fraction of sp³-hybridized carbons (Fsp3) is 0.556. The summed E-state index contributed by atoms with van der Waals surface area (Å²) in [7, 11) is 1.91. The molecule has 0 spiro atoms. The van der Waals surface area contributed by atoms with Crippen LogP contribution in [0.15, 0.2) is 40.2 Å². The molecule has 0 unspecified atom stereocenters. The topological polar surface area (TPSA) is 47.9 Å². The predicted octanol–water partition coefficient (Wildman–Crippen LogP) is 3.16. The van der Waals surface area contributed by atoms with E-state index in [-0.39, 0.29) is 29.9 Å². The number of rotatable bonds is 9. The van der Waals surface area contributed by atoms with Gasteiger partial charge in [0.15, 0.2) is 5.96 Å². The van der Waals surface area contributed by atoms with Gasteiger partial charge in [-0.2, -0.15) is 0 Å². The molecule has 0 saturated carbocycles. The maximum absolute atomic E-state index is 12.2. The van der Waals surface area contributed by atoms with Crippen LogP contribution < -0.4 is 5.32 Å². The third-order valence-corrected chi connectivity index (χ3v) is 4.54. The quantitative estimate of drug-likeness (QED) is 0.195. The van der Waals surface area contributed by atoms with Crippen LogP contribution in [0, 0.1) is 0 Å². The molecule has 0 aromatic heterocycles. The van der Waals surface area contributed by atoms with Gasteiger partial charge in [-0.1, -0.05) is 18.2 Å². The molecule has 1 aromatic carbocycles. The molecule has 0 atom stereocenters. The predicted molar refractivity (Wildman–Crippen MR) is 119 cm³/mol. The van der Waals surface area contributed by atoms with Crippen molar-refractivity contribution in [2.45, 2.75) is 25.7 Å². The maximum atomic E-state index is 12.2. The molecule has 25 heavy (non-hydrogen) atoms. The van der Waals surface area contributed by atoms with Crippen LogP contribution in [0.3, 0.4) is 0 Å². The minimum atomic E-state index is 0. The number of likely N-dealkylation sites (N-methyl/N-ethyl adjacent to an activating group) is 2. The molecule has 0 fully saturated rings. The first-order chi connectivity index (χ1) is 11.6. The summed E-state index contributed by atoms with van der Waals surface area (Å²) in [6.07, 6.45) is 0. The number of benzene rings is 1. The van der Waals surface area contributed by atoms with Crippen LogP contribution in [0.5, 0.6) is 0 Å². The van der Waals surface area contributed by atoms with Gasteiger partial charge in [0.2, 0.25) is 5.91 Å². The van der Waals surface area contributed by atoms with Crippen molar-refractivity contribution < 1.29 is 4.79 Å². The highest BCUT2D eigenvalue weighted by molar-refractivity contribution is 14.0. The largest absolute Gasteiger partial charge is 0.357 e. The van der Waals surface area contributed by atoms with E-state index in [1.165, 1.54) is 4.90 Å². The Balaban J connectivity index is 0.00000576. The van der Waals surface area contributed by atoms with Crippen molar-refractivity contribution in [1.29, 1.82) is 0 Å². The summed E-state index contributed by atoms with van der Waals surface area (Å²) in [5.74, 6) is 1.83. The lowest BCUT2D eigenvalue weighted by Gasteiger charge is -2.25. The monoisotopic (exact) mass is 478 g/mol. The van der Waals surface area contributed by atoms with Crippen molar-refractivity contribution in [3.05, 3.63) is 30.3 Å². The summed E-state index contributed by atoms with van der Waals surface area (Å²) < 4.78 is 0. The van der Waals surface area contributed by atoms with Crippen LogP contribution in [-0.4, -0.2) is 67.2 Å². The van der Waals surface area contributed by atoms with E-state index in [9.17, 15) is 4.79 Å². The Bertz CT molecular complexity index is 509. The third-order valence-electron chi connectivity index (χ3n) is 3.55. The Morgan fingerprint density at radius 2 is 1.80 bits per heavy atom. The Kier molecular flexibility index (Phi) is 13.7. The van der Waals surface area contributed by atoms with E-state index in [0.717, 1.165) is 31.3 Å². The Hall–Kier alpha value is -0.960. The van der Waals surface area contributed by atoms with Crippen molar-refractivity contribution in [2.24, 2.45) is 4.99 Å². The molecule has 1 N–H and O–H groups in total. The summed E-state index contributed by atoms with van der Waals surface area (Å²) in [5, 5.41) is 3.26. The molecule has 7 heteroatoms. The molecule has 0 aliphatic heterocycles. The first kappa shape index (κ1) is 24.0. The van der Waals surface area contributed by atoms with Gasteiger partial charge < -0.3 is 15.1 Å². The number of carbonyl (C=O) groups excluding carboxylic acids is 1. The zero-order valence-electron chi connectivity index (χ0n) is 15.7. The molecule has 0 saturated heterocycles. The fourth-order valence-corrected chi connectivity index (χ4v) is 3.02. The molecule has 0 bridgehead atoms. The second-order valence-corrected chi connectivity index (χ2v) is 6.49. The number of aliphatic imine (C=N–C) groups is 1. The van der Waals surface area contributed by atoms with Crippen LogP contribution in [-0.2, 0) is 4.79 Å². The van der Waals surface area contributed by atoms with Gasteiger partial charge in [0.1, 0.15) is 0 Å². The maximum Gasteiger partial charge on any atom is 0.242 e. The lowest BCUT2D eigenvalue weighted by Crippen LogP contribution is -2.45. The number of hydrogen-bond donors (Lipinski definition) is 1. The number of hydrogen-bond acceptors (Lipinski definition) is 3. The molecular weight excluding hydrogens is 447 g/mol. The summed E-state index contributed by atoms with van der Waals surface area (Å²) in [6, 6.07) is 10.3. The van der Waals surface area contributed by atoms with Gasteiger partial charge in [-0.3, -0.25) is 9.79 Å². The lowest BCUT2D eigenvalue weighted by atomic mass is 10.4. The standard InChI is InChI=1S/C18H30N4OS.HI/c1-5-19-18(21(4)15-17(23)22(6-2)7-3)20-13-14-24-16-11-9-8-10-12-16;/h8-12H,5-7,13-15H2,1-4H3,(H,19,20);1H. The van der Waals surface area contributed by atoms with Crippen LogP contribution in [0.25, 0.3) is 0 Å². The number of carbonyl (C=O) groups is 1. The van der Waals surface area contributed by atoms with Crippen molar-refractivity contribution in [3.8, 4) is 0 Å². The van der Waals surface area contributed by atoms with Crippen molar-refractivity contribution >= 4 is 47.6 Å². The van der Waals surface area contributed by atoms with Crippen LogP contribution in [0.1, 0.15) is 20.8 Å². The zero-order chi connectivity index (χ0) is 17.8. The first-order valence-electron chi connectivity index (χ1n) is 8.57. The van der Waals surface area contributed by atoms with Gasteiger partial charge in [0.25, 0.3) is 0 Å². The Morgan fingerprint density at radius 3 is 2.36 bits per heavy atom. The lowest BCUT2D eigenvalue weighted by molar-refractivity contribution is -0.131. The molecule has 0 aliphatic carbocycles. The normalized spacial score (nSPS) is 10.8. The molecule has 5 nitrogen and oxygen atoms in total. The number of amides is 1. The summed E-state index contributed by atoms with van der Waals surface area (Å²) in [6.45, 7) is 9.37. The van der Waals surface area contributed by atoms with Crippen LogP contribution in [0.4, 0.5) is 0 Å². The van der Waals surface area contributed by atoms with E-state index in [1.54, 1.807) is 11.8 Å². The summed E-state index contributed by atoms with van der Waals surface area (Å²) in [5.41, 5.74) is 0. The number of halogens is 1. The molecule has 1 rings (SSSR count). The summed E-state index contributed by atoms with van der Waals surface area (Å²) in [4.78, 5) is 21.9. The smallest absolute Gasteiger partial charge is 0.242 e. The van der Waals surface area contributed by atoms with E-state index in [4.69, 9.17) is 0 Å². The average molecular weight is 478 g/mol. The summed E-state index contributed by atoms with van der Waals surface area (Å²) >= 11 is 1.79. The van der Waals surface area contributed by atoms with E-state index in [1.807, 2.05) is 55.8 Å². The van der Waals surface area contributed by atoms with Crippen LogP contribution >= 0.6 is 35.7 Å². The zero-order valence-corrected chi connectivity index (χ0v) is 18.8. The van der Waals surface area contributed by atoms with E-state index in [2.05, 4.69) is 22.4 Å². The Morgan fingerprint density at radius 1 is 1.16 bits per heavy atom. The van der Waals surface area contributed by atoms with Crippen molar-refractivity contribution in [2.75, 3.05) is 45.5 Å². The van der Waals surface area contributed by atoms with Gasteiger partial charge >= 0.3 is 0 Å². The van der Waals surface area contributed by atoms with Gasteiger partial charge in [-0.15, -0.1) is 35.7 Å². The highest BCUT2D eigenvalue weighted by atomic mass is 127. The molecule has 1 aromatic rings. The van der Waals surface area contributed by atoms with Gasteiger partial charge in [-0.25, -0.2) is 0 Å². The van der Waals surface area contributed by atoms with E-state index >= 15 is 0 Å². The first-order valence-corrected chi connectivity index (χ1v) is 9.55. The molecule has 0 radical (unpaired) electrons. The third kappa shape index (κ3) is 9.34. The number of nitrogens with one attached hydrogen (secondary N) is 1. The van der Waals surface area contributed by atoms with Gasteiger partial charge in [0, 0.05) is 37.3 Å². The number of guanidine groups is 1. The van der Waals surface area contributed by atoms with Crippen molar-refractivity contribution in [1.82, 2.24) is 15.1 Å². The molecule has 0 heterocycles. The van der Waals surface area contributed by atoms with Crippen molar-refractivity contribution in [3.63, 3.8) is 0 Å². The van der Waals surface area contributed by atoms with Gasteiger partial charge in [0.05, 0.1) is 13.1 Å². The second-order valence-electron chi connectivity index (χ2n) is 5.32. The number of nitrogens with zero attached hydrogens (tertiary/aromatic N) is 3. The minimum absolute atomic E-state index is 0. The average Bonchev–Trinajstić information content (AvgIpc) is 2.59. The molecule has 0 aliphatic rings. The van der Waals surface area contributed by atoms with Gasteiger partial charge in [-0.05, 0) is 32.9 Å². The second kappa shape index (κ2) is 14.2.